The van der Waals surface area contributed by atoms with E-state index in [1.54, 1.807) is 18.2 Å². The fourth-order valence-corrected chi connectivity index (χ4v) is 2.23. The summed E-state index contributed by atoms with van der Waals surface area (Å²) in [5.41, 5.74) is 0.203. The summed E-state index contributed by atoms with van der Waals surface area (Å²) in [5.74, 6) is -1.17. The van der Waals surface area contributed by atoms with Gasteiger partial charge in [0.25, 0.3) is 5.91 Å². The highest BCUT2D eigenvalue weighted by Gasteiger charge is 2.17. The van der Waals surface area contributed by atoms with Crippen molar-refractivity contribution in [2.75, 3.05) is 12.4 Å². The van der Waals surface area contributed by atoms with E-state index < -0.39 is 11.9 Å². The molecule has 7 heteroatoms. The van der Waals surface area contributed by atoms with E-state index in [4.69, 9.17) is 9.84 Å². The maximum atomic E-state index is 12.1. The van der Waals surface area contributed by atoms with Crippen LogP contribution in [0.4, 0.5) is 5.69 Å². The van der Waals surface area contributed by atoms with Crippen LogP contribution in [-0.2, 0) is 0 Å². The molecule has 1 aromatic heterocycles. The summed E-state index contributed by atoms with van der Waals surface area (Å²) in [6, 6.07) is 7.76. The maximum Gasteiger partial charge on any atom is 0.338 e. The number of hydrogen-bond acceptors (Lipinski definition) is 4. The molecule has 6 nitrogen and oxygen atoms in total. The van der Waals surface area contributed by atoms with Crippen molar-refractivity contribution in [1.29, 1.82) is 0 Å². The first-order valence-corrected chi connectivity index (χ1v) is 6.65. The lowest BCUT2D eigenvalue weighted by Crippen LogP contribution is -2.18. The Morgan fingerprint density at radius 3 is 2.71 bits per heavy atom. The molecule has 2 rings (SSSR count). The quantitative estimate of drug-likeness (QED) is 0.884. The first-order valence-electron chi connectivity index (χ1n) is 5.86. The second-order valence-electron chi connectivity index (χ2n) is 4.01. The van der Waals surface area contributed by atoms with Crippen LogP contribution in [0.5, 0.6) is 5.75 Å². The van der Waals surface area contributed by atoms with Crippen molar-refractivity contribution >= 4 is 33.5 Å². The van der Waals surface area contributed by atoms with Gasteiger partial charge >= 0.3 is 5.97 Å². The topological polar surface area (TPSA) is 88.5 Å². The Morgan fingerprint density at radius 1 is 1.33 bits per heavy atom. The van der Waals surface area contributed by atoms with Crippen molar-refractivity contribution in [3.63, 3.8) is 0 Å². The number of benzene rings is 1. The number of carbonyl (C=O) groups excluding carboxylic acids is 1. The molecule has 0 spiro atoms. The molecule has 0 aliphatic heterocycles. The SMILES string of the molecule is COc1ccc(NC(=O)c2ncccc2C(=O)O)cc1Br. The van der Waals surface area contributed by atoms with Gasteiger partial charge in [-0.3, -0.25) is 9.78 Å². The lowest BCUT2D eigenvalue weighted by molar-refractivity contribution is 0.0691. The van der Waals surface area contributed by atoms with E-state index >= 15 is 0 Å². The number of hydrogen-bond donors (Lipinski definition) is 2. The van der Waals surface area contributed by atoms with Gasteiger partial charge in [-0.2, -0.15) is 0 Å². The second kappa shape index (κ2) is 6.36. The molecular formula is C14H11BrN2O4. The minimum Gasteiger partial charge on any atom is -0.496 e. The van der Waals surface area contributed by atoms with Gasteiger partial charge in [0.15, 0.2) is 0 Å². The minimum atomic E-state index is -1.20. The molecule has 0 aliphatic carbocycles. The summed E-state index contributed by atoms with van der Waals surface area (Å²) in [6.45, 7) is 0. The Morgan fingerprint density at radius 2 is 2.10 bits per heavy atom. The highest BCUT2D eigenvalue weighted by Crippen LogP contribution is 2.27. The molecule has 0 bridgehead atoms. The summed E-state index contributed by atoms with van der Waals surface area (Å²) >= 11 is 3.31. The Bertz CT molecular complexity index is 703. The number of anilines is 1. The van der Waals surface area contributed by atoms with Crippen molar-refractivity contribution in [2.24, 2.45) is 0 Å². The van der Waals surface area contributed by atoms with Gasteiger partial charge in [0.1, 0.15) is 11.4 Å². The molecule has 1 amide bonds. The van der Waals surface area contributed by atoms with Gasteiger partial charge in [-0.1, -0.05) is 0 Å². The third-order valence-electron chi connectivity index (χ3n) is 2.66. The molecule has 2 N–H and O–H groups in total. The summed E-state index contributed by atoms with van der Waals surface area (Å²) in [6.07, 6.45) is 1.37. The summed E-state index contributed by atoms with van der Waals surface area (Å²) < 4.78 is 5.76. The lowest BCUT2D eigenvalue weighted by Gasteiger charge is -2.09. The number of carbonyl (C=O) groups is 2. The molecule has 0 fully saturated rings. The van der Waals surface area contributed by atoms with Gasteiger partial charge in [0.05, 0.1) is 17.1 Å². The standard InChI is InChI=1S/C14H11BrN2O4/c1-21-11-5-4-8(7-10(11)15)17-13(18)12-9(14(19)20)3-2-6-16-12/h2-7H,1H3,(H,17,18)(H,19,20). The molecule has 1 aromatic carbocycles. The van der Waals surface area contributed by atoms with E-state index in [1.165, 1.54) is 25.4 Å². The fourth-order valence-electron chi connectivity index (χ4n) is 1.69. The number of nitrogens with one attached hydrogen (secondary N) is 1. The number of nitrogens with zero attached hydrogens (tertiary/aromatic N) is 1. The van der Waals surface area contributed by atoms with Crippen molar-refractivity contribution in [3.8, 4) is 5.75 Å². The molecule has 0 radical (unpaired) electrons. The highest BCUT2D eigenvalue weighted by molar-refractivity contribution is 9.10. The smallest absolute Gasteiger partial charge is 0.338 e. The zero-order valence-electron chi connectivity index (χ0n) is 11.0. The molecule has 21 heavy (non-hydrogen) atoms. The van der Waals surface area contributed by atoms with E-state index in [0.717, 1.165) is 0 Å². The summed E-state index contributed by atoms with van der Waals surface area (Å²) in [7, 11) is 1.53. The first-order chi connectivity index (χ1) is 10.0. The monoisotopic (exact) mass is 350 g/mol. The van der Waals surface area contributed by atoms with Crippen LogP contribution in [0.1, 0.15) is 20.8 Å². The zero-order chi connectivity index (χ0) is 15.4. The minimum absolute atomic E-state index is 0.142. The lowest BCUT2D eigenvalue weighted by atomic mass is 10.2. The number of methoxy groups -OCH3 is 1. The molecule has 1 heterocycles. The number of carboxylic acids is 1. The van der Waals surface area contributed by atoms with E-state index in [9.17, 15) is 9.59 Å². The molecule has 0 unspecified atom stereocenters. The van der Waals surface area contributed by atoms with Crippen LogP contribution < -0.4 is 10.1 Å². The zero-order valence-corrected chi connectivity index (χ0v) is 12.5. The average Bonchev–Trinajstić information content (AvgIpc) is 2.47. The van der Waals surface area contributed by atoms with Crippen LogP contribution in [0, 0.1) is 0 Å². The van der Waals surface area contributed by atoms with E-state index in [2.05, 4.69) is 26.2 Å². The van der Waals surface area contributed by atoms with Crippen LogP contribution >= 0.6 is 15.9 Å². The fraction of sp³-hybridized carbons (Fsp3) is 0.0714. The van der Waals surface area contributed by atoms with Gasteiger partial charge in [-0.15, -0.1) is 0 Å². The molecule has 0 saturated heterocycles. The predicted octanol–water partition coefficient (Wildman–Crippen LogP) is 2.80. The Labute approximate surface area is 128 Å². The van der Waals surface area contributed by atoms with Crippen molar-refractivity contribution in [1.82, 2.24) is 4.98 Å². The van der Waals surface area contributed by atoms with Crippen LogP contribution in [0.15, 0.2) is 41.0 Å². The Hall–Kier alpha value is -2.41. The number of aromatic carboxylic acids is 1. The van der Waals surface area contributed by atoms with Crippen LogP contribution in [-0.4, -0.2) is 29.1 Å². The van der Waals surface area contributed by atoms with Gasteiger partial charge in [-0.05, 0) is 46.3 Å². The Kier molecular flexibility index (Phi) is 4.54. The molecular weight excluding hydrogens is 340 g/mol. The van der Waals surface area contributed by atoms with Gasteiger partial charge in [0, 0.05) is 11.9 Å². The van der Waals surface area contributed by atoms with Crippen LogP contribution in [0.25, 0.3) is 0 Å². The van der Waals surface area contributed by atoms with Crippen molar-refractivity contribution in [3.05, 3.63) is 52.3 Å². The third kappa shape index (κ3) is 3.38. The van der Waals surface area contributed by atoms with Gasteiger partial charge < -0.3 is 15.2 Å². The van der Waals surface area contributed by atoms with E-state index in [-0.39, 0.29) is 11.3 Å². The number of rotatable bonds is 4. The predicted molar refractivity (Wildman–Crippen MR) is 79.8 cm³/mol. The van der Waals surface area contributed by atoms with Gasteiger partial charge in [-0.25, -0.2) is 4.79 Å². The van der Waals surface area contributed by atoms with Crippen LogP contribution in [0.3, 0.4) is 0 Å². The van der Waals surface area contributed by atoms with Crippen LogP contribution in [0.2, 0.25) is 0 Å². The first kappa shape index (κ1) is 15.0. The second-order valence-corrected chi connectivity index (χ2v) is 4.86. The van der Waals surface area contributed by atoms with Crippen molar-refractivity contribution in [2.45, 2.75) is 0 Å². The largest absolute Gasteiger partial charge is 0.496 e. The Balaban J connectivity index is 2.26. The highest BCUT2D eigenvalue weighted by atomic mass is 79.9. The average molecular weight is 351 g/mol. The van der Waals surface area contributed by atoms with Crippen molar-refractivity contribution < 1.29 is 19.4 Å². The maximum absolute atomic E-state index is 12.1. The molecule has 0 aliphatic rings. The molecule has 0 saturated carbocycles. The normalized spacial score (nSPS) is 10.0. The number of amides is 1. The summed E-state index contributed by atoms with van der Waals surface area (Å²) in [4.78, 5) is 27.0. The number of ether oxygens (including phenoxy) is 1. The van der Waals surface area contributed by atoms with E-state index in [0.29, 0.717) is 15.9 Å². The summed E-state index contributed by atoms with van der Waals surface area (Å²) in [5, 5.41) is 11.6. The molecule has 2 aromatic rings. The third-order valence-corrected chi connectivity index (χ3v) is 3.28. The number of aromatic nitrogens is 1. The number of carboxylic acid groups (broad SMARTS) is 1. The molecule has 108 valence electrons. The van der Waals surface area contributed by atoms with Gasteiger partial charge in [0.2, 0.25) is 0 Å². The molecule has 0 atom stereocenters. The van der Waals surface area contributed by atoms with E-state index in [1.807, 2.05) is 0 Å². The number of halogens is 1. The number of pyridine rings is 1.